The number of amides is 1. The third-order valence-corrected chi connectivity index (χ3v) is 2.74. The Balaban J connectivity index is 1.80. The van der Waals surface area contributed by atoms with Crippen LogP contribution in [0.5, 0.6) is 0 Å². The molecular weight excluding hydrogens is 190 g/mol. The topological polar surface area (TPSA) is 46.1 Å². The first-order valence-electron chi connectivity index (χ1n) is 5.37. The van der Waals surface area contributed by atoms with E-state index in [1.54, 1.807) is 0 Å². The number of aromatic nitrogens is 1. The van der Waals surface area contributed by atoms with Gasteiger partial charge in [-0.3, -0.25) is 4.79 Å². The summed E-state index contributed by atoms with van der Waals surface area (Å²) in [4.78, 5) is 11.6. The summed E-state index contributed by atoms with van der Waals surface area (Å²) in [6, 6.07) is 2.04. The average molecular weight is 207 g/mol. The fourth-order valence-electron chi connectivity index (χ4n) is 1.89. The van der Waals surface area contributed by atoms with E-state index in [-0.39, 0.29) is 11.9 Å². The molecule has 1 aliphatic rings. The molecule has 2 rings (SSSR count). The second kappa shape index (κ2) is 4.49. The van der Waals surface area contributed by atoms with E-state index in [9.17, 15) is 4.79 Å². The van der Waals surface area contributed by atoms with Gasteiger partial charge in [0.25, 0.3) is 0 Å². The monoisotopic (exact) mass is 207 g/mol. The lowest BCUT2D eigenvalue weighted by Gasteiger charge is -2.09. The lowest BCUT2D eigenvalue weighted by atomic mass is 10.2. The van der Waals surface area contributed by atoms with Gasteiger partial charge in [0.15, 0.2) is 0 Å². The zero-order valence-corrected chi connectivity index (χ0v) is 8.99. The van der Waals surface area contributed by atoms with Crippen LogP contribution in [0, 0.1) is 0 Å². The van der Waals surface area contributed by atoms with Crippen molar-refractivity contribution in [2.24, 2.45) is 7.05 Å². The van der Waals surface area contributed by atoms with Gasteiger partial charge < -0.3 is 15.2 Å². The van der Waals surface area contributed by atoms with Gasteiger partial charge in [0.2, 0.25) is 5.91 Å². The number of carbonyl (C=O) groups excluding carboxylic acids is 1. The highest BCUT2D eigenvalue weighted by atomic mass is 16.2. The molecule has 4 heteroatoms. The van der Waals surface area contributed by atoms with Crippen LogP contribution >= 0.6 is 0 Å². The smallest absolute Gasteiger partial charge is 0.237 e. The van der Waals surface area contributed by atoms with Crippen LogP contribution in [-0.2, 0) is 18.4 Å². The van der Waals surface area contributed by atoms with Crippen molar-refractivity contribution in [3.05, 3.63) is 24.0 Å². The van der Waals surface area contributed by atoms with Crippen molar-refractivity contribution < 1.29 is 4.79 Å². The predicted molar refractivity (Wildman–Crippen MR) is 58.3 cm³/mol. The predicted octanol–water partition coefficient (Wildman–Crippen LogP) is 0.393. The van der Waals surface area contributed by atoms with E-state index in [4.69, 9.17) is 0 Å². The van der Waals surface area contributed by atoms with E-state index in [2.05, 4.69) is 10.6 Å². The number of nitrogens with zero attached hydrogens (tertiary/aromatic N) is 1. The summed E-state index contributed by atoms with van der Waals surface area (Å²) in [5.41, 5.74) is 1.14. The van der Waals surface area contributed by atoms with E-state index < -0.39 is 0 Å². The summed E-state index contributed by atoms with van der Waals surface area (Å²) in [7, 11) is 1.98. The van der Waals surface area contributed by atoms with Crippen LogP contribution in [0.15, 0.2) is 18.5 Å². The van der Waals surface area contributed by atoms with E-state index >= 15 is 0 Å². The molecule has 82 valence electrons. The second-order valence-electron chi connectivity index (χ2n) is 4.05. The van der Waals surface area contributed by atoms with Crippen molar-refractivity contribution in [2.75, 3.05) is 6.54 Å². The van der Waals surface area contributed by atoms with Crippen molar-refractivity contribution in [3.63, 3.8) is 0 Å². The maximum atomic E-state index is 11.6. The van der Waals surface area contributed by atoms with Gasteiger partial charge in [-0.25, -0.2) is 0 Å². The maximum Gasteiger partial charge on any atom is 0.237 e. The first-order valence-corrected chi connectivity index (χ1v) is 5.37. The van der Waals surface area contributed by atoms with Crippen LogP contribution in [-0.4, -0.2) is 23.1 Å². The molecule has 1 atom stereocenters. The zero-order valence-electron chi connectivity index (χ0n) is 8.99. The summed E-state index contributed by atoms with van der Waals surface area (Å²) in [5, 5.41) is 6.12. The van der Waals surface area contributed by atoms with Crippen molar-refractivity contribution in [2.45, 2.75) is 25.4 Å². The molecule has 1 amide bonds. The van der Waals surface area contributed by atoms with Gasteiger partial charge in [0.05, 0.1) is 6.04 Å². The molecule has 1 fully saturated rings. The quantitative estimate of drug-likeness (QED) is 0.753. The van der Waals surface area contributed by atoms with Crippen LogP contribution in [0.25, 0.3) is 0 Å². The summed E-state index contributed by atoms with van der Waals surface area (Å²) in [6.07, 6.45) is 6.06. The molecule has 1 aromatic heterocycles. The summed E-state index contributed by atoms with van der Waals surface area (Å²) >= 11 is 0. The number of nitrogens with one attached hydrogen (secondary N) is 2. The highest BCUT2D eigenvalue weighted by Crippen LogP contribution is 2.05. The molecule has 1 saturated heterocycles. The lowest BCUT2D eigenvalue weighted by molar-refractivity contribution is -0.122. The molecule has 1 aromatic rings. The van der Waals surface area contributed by atoms with Gasteiger partial charge in [-0.1, -0.05) is 0 Å². The molecule has 0 radical (unpaired) electrons. The Morgan fingerprint density at radius 1 is 1.73 bits per heavy atom. The standard InChI is InChI=1S/C11H17N3O/c1-14-6-4-9(8-14)7-13-11(15)10-3-2-5-12-10/h4,6,8,10,12H,2-3,5,7H2,1H3,(H,13,15)/t10-/m0/s1. The van der Waals surface area contributed by atoms with Gasteiger partial charge in [0.1, 0.15) is 0 Å². The van der Waals surface area contributed by atoms with Gasteiger partial charge in [-0.15, -0.1) is 0 Å². The summed E-state index contributed by atoms with van der Waals surface area (Å²) < 4.78 is 1.98. The van der Waals surface area contributed by atoms with Crippen molar-refractivity contribution in [3.8, 4) is 0 Å². The van der Waals surface area contributed by atoms with Gasteiger partial charge in [-0.05, 0) is 31.0 Å². The third-order valence-electron chi connectivity index (χ3n) is 2.74. The lowest BCUT2D eigenvalue weighted by Crippen LogP contribution is -2.39. The molecule has 1 aliphatic heterocycles. The normalized spacial score (nSPS) is 20.5. The number of aryl methyl sites for hydroxylation is 1. The van der Waals surface area contributed by atoms with E-state index in [0.717, 1.165) is 24.9 Å². The van der Waals surface area contributed by atoms with Gasteiger partial charge in [0, 0.05) is 26.0 Å². The van der Waals surface area contributed by atoms with Crippen LogP contribution in [0.3, 0.4) is 0 Å². The van der Waals surface area contributed by atoms with Crippen molar-refractivity contribution in [1.29, 1.82) is 0 Å². The van der Waals surface area contributed by atoms with Crippen molar-refractivity contribution >= 4 is 5.91 Å². The minimum absolute atomic E-state index is 0.0220. The number of rotatable bonds is 3. The molecule has 2 N–H and O–H groups in total. The fraction of sp³-hybridized carbons (Fsp3) is 0.545. The van der Waals surface area contributed by atoms with Gasteiger partial charge in [-0.2, -0.15) is 0 Å². The van der Waals surface area contributed by atoms with E-state index in [1.807, 2.05) is 30.1 Å². The molecule has 0 unspecified atom stereocenters. The van der Waals surface area contributed by atoms with Gasteiger partial charge >= 0.3 is 0 Å². The number of carbonyl (C=O) groups is 1. The van der Waals surface area contributed by atoms with Crippen LogP contribution < -0.4 is 10.6 Å². The van der Waals surface area contributed by atoms with E-state index in [0.29, 0.717) is 6.54 Å². The number of hydrogen-bond donors (Lipinski definition) is 2. The first-order chi connectivity index (χ1) is 7.25. The fourth-order valence-corrected chi connectivity index (χ4v) is 1.89. The van der Waals surface area contributed by atoms with Crippen LogP contribution in [0.4, 0.5) is 0 Å². The average Bonchev–Trinajstić information content (AvgIpc) is 2.84. The Kier molecular flexibility index (Phi) is 3.06. The van der Waals surface area contributed by atoms with Crippen molar-refractivity contribution in [1.82, 2.24) is 15.2 Å². The highest BCUT2D eigenvalue weighted by molar-refractivity contribution is 5.81. The van der Waals surface area contributed by atoms with Crippen LogP contribution in [0.2, 0.25) is 0 Å². The Morgan fingerprint density at radius 2 is 2.60 bits per heavy atom. The second-order valence-corrected chi connectivity index (χ2v) is 4.05. The third kappa shape index (κ3) is 2.59. The Hall–Kier alpha value is -1.29. The molecule has 0 spiro atoms. The molecule has 0 bridgehead atoms. The number of hydrogen-bond acceptors (Lipinski definition) is 2. The molecule has 0 aliphatic carbocycles. The molecule has 4 nitrogen and oxygen atoms in total. The minimum atomic E-state index is 0.0220. The van der Waals surface area contributed by atoms with Crippen LogP contribution in [0.1, 0.15) is 18.4 Å². The zero-order chi connectivity index (χ0) is 10.7. The highest BCUT2D eigenvalue weighted by Gasteiger charge is 2.21. The molecule has 0 saturated carbocycles. The Bertz CT molecular complexity index is 339. The SMILES string of the molecule is Cn1ccc(CNC(=O)[C@@H]2CCCN2)c1. The largest absolute Gasteiger partial charge is 0.357 e. The Morgan fingerprint density at radius 3 is 3.20 bits per heavy atom. The summed E-state index contributed by atoms with van der Waals surface area (Å²) in [5.74, 6) is 0.122. The summed E-state index contributed by atoms with van der Waals surface area (Å²) in [6.45, 7) is 1.58. The first kappa shape index (κ1) is 10.2. The van der Waals surface area contributed by atoms with E-state index in [1.165, 1.54) is 0 Å². The molecular formula is C11H17N3O. The molecule has 2 heterocycles. The minimum Gasteiger partial charge on any atom is -0.357 e. The Labute approximate surface area is 89.7 Å². The maximum absolute atomic E-state index is 11.6. The molecule has 15 heavy (non-hydrogen) atoms. The molecule has 0 aromatic carbocycles.